The summed E-state index contributed by atoms with van der Waals surface area (Å²) in [6.45, 7) is 3.36. The van der Waals surface area contributed by atoms with Crippen LogP contribution in [-0.2, 0) is 4.79 Å². The molecule has 0 atom stereocenters. The van der Waals surface area contributed by atoms with Gasteiger partial charge in [-0.05, 0) is 19.3 Å². The second-order valence-electron chi connectivity index (χ2n) is 3.95. The molecule has 0 aromatic carbocycles. The van der Waals surface area contributed by atoms with Crippen molar-refractivity contribution in [2.75, 3.05) is 13.1 Å². The van der Waals surface area contributed by atoms with Gasteiger partial charge in [0, 0.05) is 12.5 Å². The first-order valence-electron chi connectivity index (χ1n) is 5.51. The molecule has 78 valence electrons. The Kier molecular flexibility index (Phi) is 4.52. The monoisotopic (exact) mass is 193 g/mol. The molecule has 0 aromatic heterocycles. The van der Waals surface area contributed by atoms with Crippen LogP contribution >= 0.6 is 0 Å². The number of carbonyl (C=O) groups excluding carboxylic acids is 1. The highest BCUT2D eigenvalue weighted by Crippen LogP contribution is 2.26. The number of nitrogens with zero attached hydrogens (tertiary/aromatic N) is 1. The van der Waals surface area contributed by atoms with E-state index in [0.29, 0.717) is 6.54 Å². The van der Waals surface area contributed by atoms with Crippen LogP contribution in [0.25, 0.3) is 0 Å². The minimum Gasteiger partial charge on any atom is -0.331 e. The third-order valence-electron chi connectivity index (χ3n) is 2.79. The Hall–Kier alpha value is -0.970. The highest BCUT2D eigenvalue weighted by molar-refractivity contribution is 5.79. The van der Waals surface area contributed by atoms with Gasteiger partial charge in [0.05, 0.1) is 6.54 Å². The fourth-order valence-corrected chi connectivity index (χ4v) is 2.08. The average Bonchev–Trinajstić information content (AvgIpc) is 2.69. The first-order valence-corrected chi connectivity index (χ1v) is 5.51. The summed E-state index contributed by atoms with van der Waals surface area (Å²) < 4.78 is 0. The lowest BCUT2D eigenvalue weighted by Crippen LogP contribution is -2.36. The van der Waals surface area contributed by atoms with E-state index in [1.807, 2.05) is 4.90 Å². The number of carbonyl (C=O) groups is 1. The predicted octanol–water partition coefficient (Wildman–Crippen LogP) is 2.05. The maximum Gasteiger partial charge on any atom is 0.226 e. The molecule has 0 heterocycles. The number of terminal acetylenes is 1. The van der Waals surface area contributed by atoms with Gasteiger partial charge in [0.1, 0.15) is 0 Å². The fourth-order valence-electron chi connectivity index (χ4n) is 2.08. The van der Waals surface area contributed by atoms with Crippen LogP contribution < -0.4 is 0 Å². The van der Waals surface area contributed by atoms with Crippen LogP contribution in [0.15, 0.2) is 0 Å². The standard InChI is InChI=1S/C12H19NO/c1-3-9-13(10-4-2)12(14)11-7-5-6-8-11/h1,11H,4-10H2,2H3. The van der Waals surface area contributed by atoms with Crippen molar-refractivity contribution in [3.05, 3.63) is 0 Å². The molecular formula is C12H19NO. The molecule has 0 radical (unpaired) electrons. The Bertz CT molecular complexity index is 223. The van der Waals surface area contributed by atoms with Gasteiger partial charge in [-0.25, -0.2) is 0 Å². The first-order chi connectivity index (χ1) is 6.79. The van der Waals surface area contributed by atoms with E-state index in [9.17, 15) is 4.79 Å². The Morgan fingerprint density at radius 1 is 1.50 bits per heavy atom. The molecule has 1 amide bonds. The molecule has 1 fully saturated rings. The van der Waals surface area contributed by atoms with Crippen LogP contribution in [0.1, 0.15) is 39.0 Å². The van der Waals surface area contributed by atoms with Gasteiger partial charge in [-0.1, -0.05) is 25.7 Å². The number of amides is 1. The van der Waals surface area contributed by atoms with Crippen molar-refractivity contribution in [1.29, 1.82) is 0 Å². The Morgan fingerprint density at radius 2 is 2.14 bits per heavy atom. The summed E-state index contributed by atoms with van der Waals surface area (Å²) in [6.07, 6.45) is 10.8. The third-order valence-corrected chi connectivity index (χ3v) is 2.79. The zero-order chi connectivity index (χ0) is 10.4. The topological polar surface area (TPSA) is 20.3 Å². The van der Waals surface area contributed by atoms with Crippen LogP contribution in [0, 0.1) is 18.3 Å². The highest BCUT2D eigenvalue weighted by Gasteiger charge is 2.26. The van der Waals surface area contributed by atoms with Gasteiger partial charge >= 0.3 is 0 Å². The summed E-state index contributed by atoms with van der Waals surface area (Å²) in [5, 5.41) is 0. The van der Waals surface area contributed by atoms with Crippen LogP contribution in [0.5, 0.6) is 0 Å². The predicted molar refractivity (Wildman–Crippen MR) is 57.7 cm³/mol. The van der Waals surface area contributed by atoms with E-state index in [-0.39, 0.29) is 11.8 Å². The SMILES string of the molecule is C#CCN(CCC)C(=O)C1CCCC1. The van der Waals surface area contributed by atoms with Gasteiger partial charge < -0.3 is 4.90 Å². The van der Waals surface area contributed by atoms with Gasteiger partial charge in [0.25, 0.3) is 0 Å². The second-order valence-corrected chi connectivity index (χ2v) is 3.95. The van der Waals surface area contributed by atoms with E-state index in [4.69, 9.17) is 6.42 Å². The highest BCUT2D eigenvalue weighted by atomic mass is 16.2. The largest absolute Gasteiger partial charge is 0.331 e. The summed E-state index contributed by atoms with van der Waals surface area (Å²) >= 11 is 0. The average molecular weight is 193 g/mol. The first kappa shape index (κ1) is 11.1. The van der Waals surface area contributed by atoms with Gasteiger partial charge in [-0.3, -0.25) is 4.79 Å². The van der Waals surface area contributed by atoms with Crippen molar-refractivity contribution in [2.24, 2.45) is 5.92 Å². The summed E-state index contributed by atoms with van der Waals surface area (Å²) in [7, 11) is 0. The molecule has 0 saturated heterocycles. The molecule has 1 saturated carbocycles. The Balaban J connectivity index is 2.49. The number of hydrogen-bond donors (Lipinski definition) is 0. The maximum absolute atomic E-state index is 12.0. The van der Waals surface area contributed by atoms with E-state index in [0.717, 1.165) is 25.8 Å². The molecule has 14 heavy (non-hydrogen) atoms. The molecular weight excluding hydrogens is 174 g/mol. The van der Waals surface area contributed by atoms with Crippen molar-refractivity contribution in [1.82, 2.24) is 4.90 Å². The number of rotatable bonds is 4. The summed E-state index contributed by atoms with van der Waals surface area (Å²) in [4.78, 5) is 13.8. The Morgan fingerprint density at radius 3 is 2.64 bits per heavy atom. The van der Waals surface area contributed by atoms with Crippen molar-refractivity contribution in [3.8, 4) is 12.3 Å². The van der Waals surface area contributed by atoms with Crippen LogP contribution in [0.3, 0.4) is 0 Å². The zero-order valence-corrected chi connectivity index (χ0v) is 8.96. The number of hydrogen-bond acceptors (Lipinski definition) is 1. The molecule has 0 aromatic rings. The third kappa shape index (κ3) is 2.77. The van der Waals surface area contributed by atoms with E-state index < -0.39 is 0 Å². The van der Waals surface area contributed by atoms with E-state index in [1.54, 1.807) is 0 Å². The van der Waals surface area contributed by atoms with Crippen molar-refractivity contribution < 1.29 is 4.79 Å². The van der Waals surface area contributed by atoms with Crippen molar-refractivity contribution in [3.63, 3.8) is 0 Å². The molecule has 0 aliphatic heterocycles. The summed E-state index contributed by atoms with van der Waals surface area (Å²) in [5.41, 5.74) is 0. The Labute approximate surface area is 86.7 Å². The normalized spacial score (nSPS) is 16.6. The minimum absolute atomic E-state index is 0.259. The minimum atomic E-state index is 0.259. The molecule has 0 spiro atoms. The molecule has 1 rings (SSSR count). The van der Waals surface area contributed by atoms with E-state index in [1.165, 1.54) is 12.8 Å². The molecule has 0 N–H and O–H groups in total. The molecule has 1 aliphatic carbocycles. The molecule has 0 bridgehead atoms. The fraction of sp³-hybridized carbons (Fsp3) is 0.750. The lowest BCUT2D eigenvalue weighted by molar-refractivity contribution is -0.134. The molecule has 2 nitrogen and oxygen atoms in total. The quantitative estimate of drug-likeness (QED) is 0.626. The zero-order valence-electron chi connectivity index (χ0n) is 8.96. The van der Waals surface area contributed by atoms with Gasteiger partial charge in [0.15, 0.2) is 0 Å². The summed E-state index contributed by atoms with van der Waals surface area (Å²) in [6, 6.07) is 0. The smallest absolute Gasteiger partial charge is 0.226 e. The van der Waals surface area contributed by atoms with Crippen LogP contribution in [0.4, 0.5) is 0 Å². The van der Waals surface area contributed by atoms with Crippen molar-refractivity contribution >= 4 is 5.91 Å². The van der Waals surface area contributed by atoms with Gasteiger partial charge in [0.2, 0.25) is 5.91 Å². The van der Waals surface area contributed by atoms with Crippen LogP contribution in [-0.4, -0.2) is 23.9 Å². The van der Waals surface area contributed by atoms with Crippen LogP contribution in [0.2, 0.25) is 0 Å². The summed E-state index contributed by atoms with van der Waals surface area (Å²) in [5.74, 6) is 3.10. The lowest BCUT2D eigenvalue weighted by atomic mass is 10.1. The van der Waals surface area contributed by atoms with E-state index >= 15 is 0 Å². The van der Waals surface area contributed by atoms with E-state index in [2.05, 4.69) is 12.8 Å². The van der Waals surface area contributed by atoms with Gasteiger partial charge in [-0.2, -0.15) is 0 Å². The second kappa shape index (κ2) is 5.70. The molecule has 2 heteroatoms. The van der Waals surface area contributed by atoms with Crippen molar-refractivity contribution in [2.45, 2.75) is 39.0 Å². The molecule has 0 unspecified atom stereocenters. The van der Waals surface area contributed by atoms with Gasteiger partial charge in [-0.15, -0.1) is 6.42 Å². The molecule has 1 aliphatic rings. The maximum atomic E-state index is 12.0. The lowest BCUT2D eigenvalue weighted by Gasteiger charge is -2.22.